The predicted molar refractivity (Wildman–Crippen MR) is 80.2 cm³/mol. The van der Waals surface area contributed by atoms with Gasteiger partial charge in [-0.25, -0.2) is 8.42 Å². The summed E-state index contributed by atoms with van der Waals surface area (Å²) >= 11 is 0. The second-order valence-electron chi connectivity index (χ2n) is 7.08. The zero-order chi connectivity index (χ0) is 14.6. The summed E-state index contributed by atoms with van der Waals surface area (Å²) in [4.78, 5) is 0. The molecule has 1 aliphatic heterocycles. The van der Waals surface area contributed by atoms with Crippen LogP contribution in [0.2, 0.25) is 0 Å². The minimum atomic E-state index is -3.27. The second kappa shape index (κ2) is 3.98. The van der Waals surface area contributed by atoms with Crippen LogP contribution in [0.4, 0.5) is 5.69 Å². The minimum absolute atomic E-state index is 0.0747. The minimum Gasteiger partial charge on any atom is -0.264 e. The number of anilines is 1. The van der Waals surface area contributed by atoms with Gasteiger partial charge in [-0.2, -0.15) is 0 Å². The lowest BCUT2D eigenvalue weighted by Gasteiger charge is -2.34. The van der Waals surface area contributed by atoms with Crippen molar-refractivity contribution in [2.24, 2.45) is 0 Å². The van der Waals surface area contributed by atoms with Crippen molar-refractivity contribution in [1.82, 2.24) is 0 Å². The molecule has 1 heterocycles. The van der Waals surface area contributed by atoms with Gasteiger partial charge in [0.05, 0.1) is 17.5 Å². The number of sulfonamides is 1. The summed E-state index contributed by atoms with van der Waals surface area (Å²) in [5, 5.41) is 0. The van der Waals surface area contributed by atoms with E-state index in [0.717, 1.165) is 23.2 Å². The molecule has 0 spiro atoms. The standard InChI is InChI=1S/C15H23NO2S/c1-14(2,3)12-9-7-8-11-10-15(4,5)16(13(11)12)19(6,17)18/h7-9H,10H2,1-6H3. The summed E-state index contributed by atoms with van der Waals surface area (Å²) in [5.41, 5.74) is 2.65. The Morgan fingerprint density at radius 3 is 2.26 bits per heavy atom. The summed E-state index contributed by atoms with van der Waals surface area (Å²) in [5.74, 6) is 0. The van der Waals surface area contributed by atoms with Crippen molar-refractivity contribution in [3.8, 4) is 0 Å². The molecule has 0 aliphatic carbocycles. The van der Waals surface area contributed by atoms with E-state index in [4.69, 9.17) is 0 Å². The van der Waals surface area contributed by atoms with Crippen molar-refractivity contribution in [2.75, 3.05) is 10.6 Å². The quantitative estimate of drug-likeness (QED) is 0.793. The molecule has 0 atom stereocenters. The van der Waals surface area contributed by atoms with Crippen molar-refractivity contribution in [3.63, 3.8) is 0 Å². The Morgan fingerprint density at radius 2 is 1.79 bits per heavy atom. The van der Waals surface area contributed by atoms with Crippen molar-refractivity contribution in [3.05, 3.63) is 29.3 Å². The molecule has 1 aliphatic rings. The van der Waals surface area contributed by atoms with Crippen LogP contribution in [0.25, 0.3) is 0 Å². The molecule has 0 aromatic heterocycles. The molecule has 2 rings (SSSR count). The van der Waals surface area contributed by atoms with Gasteiger partial charge in [-0.1, -0.05) is 39.0 Å². The molecule has 1 aromatic rings. The van der Waals surface area contributed by atoms with E-state index in [1.807, 2.05) is 32.0 Å². The molecule has 0 N–H and O–H groups in total. The van der Waals surface area contributed by atoms with E-state index in [0.29, 0.717) is 0 Å². The number of rotatable bonds is 1. The topological polar surface area (TPSA) is 37.4 Å². The van der Waals surface area contributed by atoms with E-state index < -0.39 is 15.6 Å². The van der Waals surface area contributed by atoms with E-state index >= 15 is 0 Å². The molecule has 0 amide bonds. The third kappa shape index (κ3) is 2.38. The molecular weight excluding hydrogens is 258 g/mol. The molecule has 0 bridgehead atoms. The maximum absolute atomic E-state index is 12.2. The normalized spacial score (nSPS) is 18.5. The first-order chi connectivity index (χ1) is 8.44. The number of hydrogen-bond donors (Lipinski definition) is 0. The van der Waals surface area contributed by atoms with Crippen LogP contribution >= 0.6 is 0 Å². The van der Waals surface area contributed by atoms with Gasteiger partial charge in [0.1, 0.15) is 0 Å². The molecule has 3 nitrogen and oxygen atoms in total. The molecule has 0 saturated carbocycles. The van der Waals surface area contributed by atoms with Crippen LogP contribution in [0.15, 0.2) is 18.2 Å². The summed E-state index contributed by atoms with van der Waals surface area (Å²) in [6.45, 7) is 10.3. The number of nitrogens with zero attached hydrogens (tertiary/aromatic N) is 1. The molecule has 0 radical (unpaired) electrons. The highest BCUT2D eigenvalue weighted by molar-refractivity contribution is 7.92. The molecule has 4 heteroatoms. The van der Waals surface area contributed by atoms with E-state index in [1.54, 1.807) is 4.31 Å². The maximum atomic E-state index is 12.2. The maximum Gasteiger partial charge on any atom is 0.232 e. The largest absolute Gasteiger partial charge is 0.264 e. The Balaban J connectivity index is 2.77. The SMILES string of the molecule is CC(C)(C)c1cccc2c1N(S(C)(=O)=O)C(C)(C)C2. The van der Waals surface area contributed by atoms with Gasteiger partial charge in [0.25, 0.3) is 0 Å². The van der Waals surface area contributed by atoms with Crippen LogP contribution in [-0.2, 0) is 21.9 Å². The number of benzene rings is 1. The smallest absolute Gasteiger partial charge is 0.232 e. The number of hydrogen-bond acceptors (Lipinski definition) is 2. The summed E-state index contributed by atoms with van der Waals surface area (Å²) in [6.07, 6.45) is 2.06. The van der Waals surface area contributed by atoms with Gasteiger partial charge in [-0.3, -0.25) is 4.31 Å². The van der Waals surface area contributed by atoms with Gasteiger partial charge in [0.2, 0.25) is 10.0 Å². The Labute approximate surface area is 116 Å². The Hall–Kier alpha value is -1.03. The molecule has 1 aromatic carbocycles. The highest BCUT2D eigenvalue weighted by Gasteiger charge is 2.43. The van der Waals surface area contributed by atoms with Crippen molar-refractivity contribution in [1.29, 1.82) is 0 Å². The Bertz CT molecular complexity index is 610. The van der Waals surface area contributed by atoms with E-state index in [1.165, 1.54) is 6.26 Å². The second-order valence-corrected chi connectivity index (χ2v) is 8.91. The molecule has 0 fully saturated rings. The average Bonchev–Trinajstić information content (AvgIpc) is 2.43. The highest BCUT2D eigenvalue weighted by atomic mass is 32.2. The lowest BCUT2D eigenvalue weighted by Crippen LogP contribution is -2.45. The van der Waals surface area contributed by atoms with Crippen LogP contribution < -0.4 is 4.31 Å². The van der Waals surface area contributed by atoms with Crippen LogP contribution in [0, 0.1) is 0 Å². The lowest BCUT2D eigenvalue weighted by atomic mass is 9.85. The van der Waals surface area contributed by atoms with Gasteiger partial charge >= 0.3 is 0 Å². The summed E-state index contributed by atoms with van der Waals surface area (Å²) in [7, 11) is -3.27. The highest BCUT2D eigenvalue weighted by Crippen LogP contribution is 2.45. The van der Waals surface area contributed by atoms with E-state index in [9.17, 15) is 8.42 Å². The third-order valence-corrected chi connectivity index (χ3v) is 4.98. The third-order valence-electron chi connectivity index (χ3n) is 3.64. The van der Waals surface area contributed by atoms with Crippen molar-refractivity contribution < 1.29 is 8.42 Å². The molecule has 106 valence electrons. The van der Waals surface area contributed by atoms with Gasteiger partial charge < -0.3 is 0 Å². The lowest BCUT2D eigenvalue weighted by molar-refractivity contribution is 0.521. The van der Waals surface area contributed by atoms with Crippen LogP contribution in [0.5, 0.6) is 0 Å². The number of para-hydroxylation sites is 1. The molecule has 0 unspecified atom stereocenters. The fourth-order valence-electron chi connectivity index (χ4n) is 3.03. The monoisotopic (exact) mass is 281 g/mol. The van der Waals surface area contributed by atoms with Gasteiger partial charge in [-0.05, 0) is 36.8 Å². The summed E-state index contributed by atoms with van der Waals surface area (Å²) in [6, 6.07) is 6.11. The van der Waals surface area contributed by atoms with E-state index in [2.05, 4.69) is 20.8 Å². The van der Waals surface area contributed by atoms with E-state index in [-0.39, 0.29) is 5.41 Å². The van der Waals surface area contributed by atoms with Gasteiger partial charge in [-0.15, -0.1) is 0 Å². The van der Waals surface area contributed by atoms with Gasteiger partial charge in [0, 0.05) is 0 Å². The summed E-state index contributed by atoms with van der Waals surface area (Å²) < 4.78 is 26.0. The van der Waals surface area contributed by atoms with Crippen LogP contribution in [0.1, 0.15) is 45.7 Å². The van der Waals surface area contributed by atoms with Crippen molar-refractivity contribution >= 4 is 15.7 Å². The first-order valence-electron chi connectivity index (χ1n) is 6.57. The first-order valence-corrected chi connectivity index (χ1v) is 8.42. The fraction of sp³-hybridized carbons (Fsp3) is 0.600. The van der Waals surface area contributed by atoms with Crippen LogP contribution in [0.3, 0.4) is 0 Å². The molecular formula is C15H23NO2S. The zero-order valence-electron chi connectivity index (χ0n) is 12.6. The Morgan fingerprint density at radius 1 is 1.21 bits per heavy atom. The van der Waals surface area contributed by atoms with Gasteiger partial charge in [0.15, 0.2) is 0 Å². The molecule has 0 saturated heterocycles. The average molecular weight is 281 g/mol. The van der Waals surface area contributed by atoms with Crippen LogP contribution in [-0.4, -0.2) is 20.2 Å². The first kappa shape index (κ1) is 14.4. The Kier molecular flexibility index (Phi) is 3.01. The van der Waals surface area contributed by atoms with Crippen molar-refractivity contribution in [2.45, 2.75) is 52.0 Å². The molecule has 19 heavy (non-hydrogen) atoms. The zero-order valence-corrected chi connectivity index (χ0v) is 13.4. The number of fused-ring (bicyclic) bond motifs is 1. The predicted octanol–water partition coefficient (Wildman–Crippen LogP) is 3.08. The fourth-order valence-corrected chi connectivity index (χ4v) is 4.54.